The lowest BCUT2D eigenvalue weighted by Gasteiger charge is -2.12. The van der Waals surface area contributed by atoms with E-state index in [1.165, 1.54) is 6.21 Å². The number of rotatable bonds is 4. The van der Waals surface area contributed by atoms with Crippen LogP contribution in [0.15, 0.2) is 29.4 Å². The molecule has 1 aromatic carbocycles. The molecule has 0 bridgehead atoms. The number of halogens is 2. The molecule has 0 radical (unpaired) electrons. The number of aromatic nitrogens is 1. The van der Waals surface area contributed by atoms with E-state index in [0.717, 1.165) is 22.6 Å². The van der Waals surface area contributed by atoms with Gasteiger partial charge in [-0.25, -0.2) is 5.43 Å². The first kappa shape index (κ1) is 16.5. The number of carbonyl (C=O) groups excluding carboxylic acids is 1. The molecule has 0 saturated heterocycles. The number of aryl methyl sites for hydroxylation is 1. The molecular weight excluding hydrogens is 325 g/mol. The molecule has 0 atom stereocenters. The van der Waals surface area contributed by atoms with E-state index < -0.39 is 12.5 Å². The number of hydrazone groups is 1. The molecule has 7 heteroatoms. The summed E-state index contributed by atoms with van der Waals surface area (Å²) in [7, 11) is 0. The third kappa shape index (κ3) is 3.32. The predicted octanol–water partition coefficient (Wildman–Crippen LogP) is 2.84. The molecule has 1 amide bonds. The van der Waals surface area contributed by atoms with Crippen LogP contribution in [0, 0.1) is 13.8 Å². The monoisotopic (exact) mass is 339 g/mol. The molecule has 1 aromatic heterocycles. The summed E-state index contributed by atoms with van der Waals surface area (Å²) in [5.41, 5.74) is 5.69. The third-order valence-corrected chi connectivity index (χ3v) is 3.99. The minimum atomic E-state index is -0.603. The van der Waals surface area contributed by atoms with Gasteiger partial charge < -0.3 is 9.67 Å². The molecule has 5 nitrogen and oxygen atoms in total. The van der Waals surface area contributed by atoms with E-state index in [0.29, 0.717) is 10.0 Å². The minimum absolute atomic E-state index is 0.475. The van der Waals surface area contributed by atoms with E-state index in [4.69, 9.17) is 28.3 Å². The summed E-state index contributed by atoms with van der Waals surface area (Å²) in [6.45, 7) is 3.25. The highest BCUT2D eigenvalue weighted by atomic mass is 35.5. The standard InChI is InChI=1S/C15H15Cl2N3O2/c1-9-6-11(7-18-19-14(22)8-21)10(2)20(9)13-5-3-4-12(16)15(13)17/h3-7,21H,8H2,1-2H3,(H,19,22). The van der Waals surface area contributed by atoms with Crippen molar-refractivity contribution in [1.82, 2.24) is 9.99 Å². The number of nitrogens with one attached hydrogen (secondary N) is 1. The van der Waals surface area contributed by atoms with Gasteiger partial charge in [-0.05, 0) is 32.0 Å². The SMILES string of the molecule is Cc1cc(C=NNC(=O)CO)c(C)n1-c1cccc(Cl)c1Cl. The molecule has 2 rings (SSSR count). The highest BCUT2D eigenvalue weighted by Gasteiger charge is 2.13. The zero-order chi connectivity index (χ0) is 16.3. The molecular formula is C15H15Cl2N3O2. The van der Waals surface area contributed by atoms with Gasteiger partial charge in [0.25, 0.3) is 5.91 Å². The lowest BCUT2D eigenvalue weighted by molar-refractivity contribution is -0.123. The van der Waals surface area contributed by atoms with E-state index >= 15 is 0 Å². The van der Waals surface area contributed by atoms with Crippen LogP contribution in [0.3, 0.4) is 0 Å². The zero-order valence-electron chi connectivity index (χ0n) is 12.1. The molecule has 0 aliphatic rings. The zero-order valence-corrected chi connectivity index (χ0v) is 13.6. The fourth-order valence-corrected chi connectivity index (χ4v) is 2.54. The predicted molar refractivity (Wildman–Crippen MR) is 88.1 cm³/mol. The first-order chi connectivity index (χ1) is 10.5. The number of aliphatic hydroxyl groups excluding tert-OH is 1. The molecule has 0 unspecified atom stereocenters. The first-order valence-electron chi connectivity index (χ1n) is 6.51. The van der Waals surface area contributed by atoms with Crippen molar-refractivity contribution < 1.29 is 9.90 Å². The number of hydrogen-bond acceptors (Lipinski definition) is 3. The summed E-state index contributed by atoms with van der Waals surface area (Å²) in [6, 6.07) is 7.36. The third-order valence-electron chi connectivity index (χ3n) is 3.18. The van der Waals surface area contributed by atoms with Gasteiger partial charge in [0.15, 0.2) is 0 Å². The molecule has 2 N–H and O–H groups in total. The summed E-state index contributed by atoms with van der Waals surface area (Å²) < 4.78 is 1.96. The van der Waals surface area contributed by atoms with Gasteiger partial charge in [-0.2, -0.15) is 5.10 Å². The van der Waals surface area contributed by atoms with Gasteiger partial charge in [0.05, 0.1) is 21.9 Å². The highest BCUT2D eigenvalue weighted by Crippen LogP contribution is 2.31. The van der Waals surface area contributed by atoms with Crippen molar-refractivity contribution >= 4 is 35.3 Å². The van der Waals surface area contributed by atoms with Crippen LogP contribution in [0.4, 0.5) is 0 Å². The number of benzene rings is 1. The van der Waals surface area contributed by atoms with Crippen LogP contribution in [0.2, 0.25) is 10.0 Å². The normalized spacial score (nSPS) is 11.1. The highest BCUT2D eigenvalue weighted by molar-refractivity contribution is 6.43. The van der Waals surface area contributed by atoms with Crippen LogP contribution in [-0.2, 0) is 4.79 Å². The Hall–Kier alpha value is -1.82. The molecule has 0 spiro atoms. The van der Waals surface area contributed by atoms with E-state index in [1.807, 2.05) is 36.6 Å². The van der Waals surface area contributed by atoms with Gasteiger partial charge in [0.1, 0.15) is 6.61 Å². The summed E-state index contributed by atoms with van der Waals surface area (Å²) in [5, 5.41) is 13.4. The molecule has 116 valence electrons. The molecule has 22 heavy (non-hydrogen) atoms. The summed E-state index contributed by atoms with van der Waals surface area (Å²) >= 11 is 12.3. The molecule has 1 heterocycles. The molecule has 0 aliphatic heterocycles. The second-order valence-electron chi connectivity index (χ2n) is 4.69. The van der Waals surface area contributed by atoms with Crippen LogP contribution in [0.1, 0.15) is 17.0 Å². The topological polar surface area (TPSA) is 66.6 Å². The Morgan fingerprint density at radius 3 is 2.82 bits per heavy atom. The molecule has 0 saturated carbocycles. The van der Waals surface area contributed by atoms with Crippen LogP contribution < -0.4 is 5.43 Å². The Kier molecular flexibility index (Phi) is 5.24. The average Bonchev–Trinajstić information content (AvgIpc) is 2.77. The van der Waals surface area contributed by atoms with Gasteiger partial charge in [-0.1, -0.05) is 29.3 Å². The number of amides is 1. The van der Waals surface area contributed by atoms with Gasteiger partial charge in [0.2, 0.25) is 0 Å². The Bertz CT molecular complexity index is 739. The van der Waals surface area contributed by atoms with Crippen molar-refractivity contribution in [3.05, 3.63) is 51.3 Å². The van der Waals surface area contributed by atoms with Crippen molar-refractivity contribution in [2.24, 2.45) is 5.10 Å². The maximum atomic E-state index is 11.0. The van der Waals surface area contributed by atoms with Crippen LogP contribution in [0.25, 0.3) is 5.69 Å². The van der Waals surface area contributed by atoms with Crippen LogP contribution >= 0.6 is 23.2 Å². The summed E-state index contributed by atoms with van der Waals surface area (Å²) in [5.74, 6) is -0.567. The fraction of sp³-hybridized carbons (Fsp3) is 0.200. The number of aliphatic hydroxyl groups is 1. The number of hydrogen-bond donors (Lipinski definition) is 2. The van der Waals surface area contributed by atoms with Gasteiger partial charge in [0, 0.05) is 17.0 Å². The molecule has 0 aliphatic carbocycles. The lowest BCUT2D eigenvalue weighted by Crippen LogP contribution is -2.20. The maximum Gasteiger partial charge on any atom is 0.265 e. The number of nitrogens with zero attached hydrogens (tertiary/aromatic N) is 2. The largest absolute Gasteiger partial charge is 0.386 e. The molecule has 2 aromatic rings. The van der Waals surface area contributed by atoms with Gasteiger partial charge >= 0.3 is 0 Å². The Morgan fingerprint density at radius 1 is 1.41 bits per heavy atom. The fourth-order valence-electron chi connectivity index (χ4n) is 2.16. The first-order valence-corrected chi connectivity index (χ1v) is 7.27. The van der Waals surface area contributed by atoms with E-state index in [-0.39, 0.29) is 0 Å². The second kappa shape index (κ2) is 6.96. The minimum Gasteiger partial charge on any atom is -0.386 e. The van der Waals surface area contributed by atoms with Crippen molar-refractivity contribution in [3.8, 4) is 5.69 Å². The smallest absolute Gasteiger partial charge is 0.265 e. The van der Waals surface area contributed by atoms with Crippen molar-refractivity contribution in [2.45, 2.75) is 13.8 Å². The van der Waals surface area contributed by atoms with Crippen LogP contribution in [-0.4, -0.2) is 28.4 Å². The quantitative estimate of drug-likeness (QED) is 0.664. The van der Waals surface area contributed by atoms with Gasteiger partial charge in [-0.3, -0.25) is 4.79 Å². The Labute approximate surface area is 138 Å². The van der Waals surface area contributed by atoms with E-state index in [1.54, 1.807) is 6.07 Å². The average molecular weight is 340 g/mol. The van der Waals surface area contributed by atoms with Crippen LogP contribution in [0.5, 0.6) is 0 Å². The van der Waals surface area contributed by atoms with Crippen molar-refractivity contribution in [2.75, 3.05) is 6.61 Å². The maximum absolute atomic E-state index is 11.0. The Balaban J connectivity index is 2.39. The summed E-state index contributed by atoms with van der Waals surface area (Å²) in [6.07, 6.45) is 1.52. The Morgan fingerprint density at radius 2 is 2.14 bits per heavy atom. The lowest BCUT2D eigenvalue weighted by atomic mass is 10.2. The number of carbonyl (C=O) groups is 1. The molecule has 0 fully saturated rings. The van der Waals surface area contributed by atoms with E-state index in [9.17, 15) is 4.79 Å². The van der Waals surface area contributed by atoms with Crippen molar-refractivity contribution in [1.29, 1.82) is 0 Å². The van der Waals surface area contributed by atoms with Gasteiger partial charge in [-0.15, -0.1) is 0 Å². The second-order valence-corrected chi connectivity index (χ2v) is 5.47. The van der Waals surface area contributed by atoms with Crippen molar-refractivity contribution in [3.63, 3.8) is 0 Å². The summed E-state index contributed by atoms with van der Waals surface area (Å²) in [4.78, 5) is 11.0. The van der Waals surface area contributed by atoms with E-state index in [2.05, 4.69) is 10.5 Å².